The van der Waals surface area contributed by atoms with E-state index < -0.39 is 6.10 Å². The predicted octanol–water partition coefficient (Wildman–Crippen LogP) is 2.84. The molecule has 2 rings (SSSR count). The van der Waals surface area contributed by atoms with Crippen LogP contribution in [0.2, 0.25) is 0 Å². The van der Waals surface area contributed by atoms with E-state index in [1.165, 1.54) is 6.26 Å². The Bertz CT molecular complexity index is 622. The van der Waals surface area contributed by atoms with Gasteiger partial charge in [0.05, 0.1) is 13.4 Å². The number of methoxy groups -OCH3 is 1. The summed E-state index contributed by atoms with van der Waals surface area (Å²) in [5, 5.41) is 12.9. The van der Waals surface area contributed by atoms with Crippen LogP contribution in [0.1, 0.15) is 41.1 Å². The predicted molar refractivity (Wildman–Crippen MR) is 82.9 cm³/mol. The van der Waals surface area contributed by atoms with Gasteiger partial charge in [-0.1, -0.05) is 0 Å². The molecule has 0 aliphatic carbocycles. The van der Waals surface area contributed by atoms with Gasteiger partial charge in [0.15, 0.2) is 0 Å². The second-order valence-electron chi connectivity index (χ2n) is 5.32. The van der Waals surface area contributed by atoms with E-state index in [1.54, 1.807) is 31.4 Å². The largest absolute Gasteiger partial charge is 0.497 e. The van der Waals surface area contributed by atoms with Crippen molar-refractivity contribution in [3.8, 4) is 5.75 Å². The Labute approximate surface area is 129 Å². The number of ether oxygens (including phenoxy) is 1. The summed E-state index contributed by atoms with van der Waals surface area (Å²) in [6.07, 6.45) is 1.17. The molecule has 0 spiro atoms. The van der Waals surface area contributed by atoms with Crippen LogP contribution in [-0.2, 0) is 0 Å². The maximum Gasteiger partial charge on any atom is 0.251 e. The molecule has 1 heterocycles. The van der Waals surface area contributed by atoms with Gasteiger partial charge in [-0.3, -0.25) is 4.79 Å². The lowest BCUT2D eigenvalue weighted by Gasteiger charge is -2.17. The number of aliphatic hydroxyl groups is 1. The fourth-order valence-corrected chi connectivity index (χ4v) is 2.31. The fourth-order valence-electron chi connectivity index (χ4n) is 2.31. The molecule has 0 saturated heterocycles. The zero-order chi connectivity index (χ0) is 16.1. The Morgan fingerprint density at radius 3 is 2.77 bits per heavy atom. The number of rotatable bonds is 6. The van der Waals surface area contributed by atoms with Crippen LogP contribution in [0.15, 0.2) is 41.0 Å². The highest BCUT2D eigenvalue weighted by Gasteiger charge is 2.18. The Hall–Kier alpha value is -2.27. The van der Waals surface area contributed by atoms with Gasteiger partial charge in [0, 0.05) is 18.0 Å². The summed E-state index contributed by atoms with van der Waals surface area (Å²) >= 11 is 0. The molecule has 5 heteroatoms. The summed E-state index contributed by atoms with van der Waals surface area (Å²) in [6.45, 7) is 3.71. The van der Waals surface area contributed by atoms with Crippen molar-refractivity contribution < 1.29 is 19.1 Å². The molecule has 0 aliphatic rings. The molecule has 2 N–H and O–H groups in total. The number of carbonyl (C=O) groups is 1. The van der Waals surface area contributed by atoms with Gasteiger partial charge in [-0.2, -0.15) is 0 Å². The van der Waals surface area contributed by atoms with Crippen LogP contribution >= 0.6 is 0 Å². The van der Waals surface area contributed by atoms with Gasteiger partial charge in [-0.05, 0) is 49.7 Å². The van der Waals surface area contributed by atoms with Crippen molar-refractivity contribution in [1.82, 2.24) is 5.32 Å². The summed E-state index contributed by atoms with van der Waals surface area (Å²) in [5.41, 5.74) is 1.44. The molecule has 22 heavy (non-hydrogen) atoms. The zero-order valence-corrected chi connectivity index (χ0v) is 13.0. The Balaban J connectivity index is 1.96. The highest BCUT2D eigenvalue weighted by atomic mass is 16.5. The number of amides is 1. The minimum atomic E-state index is -0.734. The third-order valence-corrected chi connectivity index (χ3v) is 3.50. The van der Waals surface area contributed by atoms with Crippen molar-refractivity contribution in [2.24, 2.45) is 0 Å². The van der Waals surface area contributed by atoms with Crippen molar-refractivity contribution in [3.63, 3.8) is 0 Å². The monoisotopic (exact) mass is 303 g/mol. The van der Waals surface area contributed by atoms with Crippen LogP contribution in [0.3, 0.4) is 0 Å². The van der Waals surface area contributed by atoms with E-state index in [9.17, 15) is 9.90 Å². The summed E-state index contributed by atoms with van der Waals surface area (Å²) in [5.74, 6) is 1.05. The number of hydrogen-bond acceptors (Lipinski definition) is 4. The maximum atomic E-state index is 12.3. The normalized spacial score (nSPS) is 13.5. The Morgan fingerprint density at radius 1 is 1.41 bits per heavy atom. The Kier molecular flexibility index (Phi) is 5.22. The molecule has 2 atom stereocenters. The first-order valence-electron chi connectivity index (χ1n) is 7.18. The van der Waals surface area contributed by atoms with Gasteiger partial charge in [0.2, 0.25) is 0 Å². The molecular formula is C17H21NO4. The number of hydrogen-bond donors (Lipinski definition) is 2. The van der Waals surface area contributed by atoms with Gasteiger partial charge in [0.25, 0.3) is 5.91 Å². The number of benzene rings is 1. The van der Waals surface area contributed by atoms with Crippen molar-refractivity contribution in [3.05, 3.63) is 53.5 Å². The Morgan fingerprint density at radius 2 is 2.18 bits per heavy atom. The zero-order valence-electron chi connectivity index (χ0n) is 13.0. The average molecular weight is 303 g/mol. The SMILES string of the molecule is COc1ccc(C(=O)NC(C)CC(O)c2ccco2)c(C)c1. The molecule has 0 bridgehead atoms. The van der Waals surface area contributed by atoms with Crippen molar-refractivity contribution in [1.29, 1.82) is 0 Å². The van der Waals surface area contributed by atoms with Gasteiger partial charge in [-0.15, -0.1) is 0 Å². The van der Waals surface area contributed by atoms with Crippen molar-refractivity contribution in [2.45, 2.75) is 32.4 Å². The van der Waals surface area contributed by atoms with Gasteiger partial charge < -0.3 is 19.6 Å². The molecule has 1 amide bonds. The lowest BCUT2D eigenvalue weighted by Crippen LogP contribution is -2.34. The second-order valence-corrected chi connectivity index (χ2v) is 5.32. The third kappa shape index (κ3) is 3.89. The molecule has 0 aliphatic heterocycles. The van der Waals surface area contributed by atoms with E-state index in [1.807, 2.05) is 19.9 Å². The number of aliphatic hydroxyl groups excluding tert-OH is 1. The van der Waals surface area contributed by atoms with Gasteiger partial charge >= 0.3 is 0 Å². The summed E-state index contributed by atoms with van der Waals surface area (Å²) < 4.78 is 10.3. The van der Waals surface area contributed by atoms with E-state index in [2.05, 4.69) is 5.32 Å². The van der Waals surface area contributed by atoms with Crippen LogP contribution in [0.5, 0.6) is 5.75 Å². The van der Waals surface area contributed by atoms with Crippen LogP contribution in [0.4, 0.5) is 0 Å². The second kappa shape index (κ2) is 7.13. The van der Waals surface area contributed by atoms with Gasteiger partial charge in [-0.25, -0.2) is 0 Å². The first-order valence-corrected chi connectivity index (χ1v) is 7.18. The average Bonchev–Trinajstić information content (AvgIpc) is 3.00. The molecule has 2 unspecified atom stereocenters. The van der Waals surface area contributed by atoms with Crippen molar-refractivity contribution >= 4 is 5.91 Å². The number of aryl methyl sites for hydroxylation is 1. The molecule has 0 saturated carbocycles. The first-order chi connectivity index (χ1) is 10.5. The lowest BCUT2D eigenvalue weighted by atomic mass is 10.1. The molecule has 118 valence electrons. The first kappa shape index (κ1) is 16.1. The van der Waals surface area contributed by atoms with Crippen LogP contribution in [0, 0.1) is 6.92 Å². The quantitative estimate of drug-likeness (QED) is 0.861. The summed E-state index contributed by atoms with van der Waals surface area (Å²) in [6, 6.07) is 8.56. The molecule has 1 aromatic carbocycles. The van der Waals surface area contributed by atoms with E-state index in [-0.39, 0.29) is 11.9 Å². The number of furan rings is 1. The highest BCUT2D eigenvalue weighted by Crippen LogP contribution is 2.20. The summed E-state index contributed by atoms with van der Waals surface area (Å²) in [7, 11) is 1.59. The van der Waals surface area contributed by atoms with Crippen LogP contribution in [-0.4, -0.2) is 24.2 Å². The topological polar surface area (TPSA) is 71.7 Å². The van der Waals surface area contributed by atoms with E-state index >= 15 is 0 Å². The standard InChI is InChI=1S/C17H21NO4/c1-11-9-13(21-3)6-7-14(11)17(20)18-12(2)10-15(19)16-5-4-8-22-16/h4-9,12,15,19H,10H2,1-3H3,(H,18,20). The molecule has 0 radical (unpaired) electrons. The van der Waals surface area contributed by atoms with Crippen LogP contribution < -0.4 is 10.1 Å². The lowest BCUT2D eigenvalue weighted by molar-refractivity contribution is 0.0902. The van der Waals surface area contributed by atoms with E-state index in [4.69, 9.17) is 9.15 Å². The van der Waals surface area contributed by atoms with E-state index in [0.29, 0.717) is 17.7 Å². The van der Waals surface area contributed by atoms with Gasteiger partial charge in [0.1, 0.15) is 17.6 Å². The highest BCUT2D eigenvalue weighted by molar-refractivity contribution is 5.95. The number of nitrogens with one attached hydrogen (secondary N) is 1. The summed E-state index contributed by atoms with van der Waals surface area (Å²) in [4.78, 5) is 12.3. The molecule has 0 fully saturated rings. The molecule has 5 nitrogen and oxygen atoms in total. The molecular weight excluding hydrogens is 282 g/mol. The minimum absolute atomic E-state index is 0.167. The van der Waals surface area contributed by atoms with Crippen LogP contribution in [0.25, 0.3) is 0 Å². The van der Waals surface area contributed by atoms with Crippen molar-refractivity contribution in [2.75, 3.05) is 7.11 Å². The van der Waals surface area contributed by atoms with E-state index in [0.717, 1.165) is 11.3 Å². The molecule has 1 aromatic heterocycles. The smallest absolute Gasteiger partial charge is 0.251 e. The maximum absolute atomic E-state index is 12.3. The molecule has 2 aromatic rings. The number of carbonyl (C=O) groups excluding carboxylic acids is 1. The fraction of sp³-hybridized carbons (Fsp3) is 0.353. The minimum Gasteiger partial charge on any atom is -0.497 e. The third-order valence-electron chi connectivity index (χ3n) is 3.50.